The molecule has 214 valence electrons. The summed E-state index contributed by atoms with van der Waals surface area (Å²) in [5, 5.41) is 14.9. The summed E-state index contributed by atoms with van der Waals surface area (Å²) >= 11 is 16.0. The number of benzene rings is 2. The van der Waals surface area contributed by atoms with Gasteiger partial charge in [-0.2, -0.15) is 0 Å². The molecule has 2 atom stereocenters. The molecule has 2 aliphatic rings. The van der Waals surface area contributed by atoms with Crippen LogP contribution < -0.4 is 0 Å². The molecule has 2 aliphatic heterocycles. The van der Waals surface area contributed by atoms with E-state index in [0.29, 0.717) is 22.2 Å². The first kappa shape index (κ1) is 29.8. The molecule has 0 bridgehead atoms. The topological polar surface area (TPSA) is 70.1 Å². The number of hydrogen-bond acceptors (Lipinski definition) is 7. The van der Waals surface area contributed by atoms with Crippen LogP contribution in [0.15, 0.2) is 71.4 Å². The summed E-state index contributed by atoms with van der Waals surface area (Å²) in [6.45, 7) is 3.00. The Morgan fingerprint density at radius 3 is 1.71 bits per heavy atom. The van der Waals surface area contributed by atoms with E-state index in [9.17, 15) is 14.7 Å². The SMILES string of the molecule is COC(=O)[C@@H](c1ccccc1Cl)N1CCc2sccc2C1.O=C(O)[C@H](c1ccccc1Cl)N1CCc2sccc2C1. The average Bonchev–Trinajstić information content (AvgIpc) is 3.64. The summed E-state index contributed by atoms with van der Waals surface area (Å²) in [6, 6.07) is 17.7. The predicted octanol–water partition coefficient (Wildman–Crippen LogP) is 7.26. The minimum absolute atomic E-state index is 0.262. The molecule has 10 heteroatoms. The Bertz CT molecular complexity index is 1520. The highest BCUT2D eigenvalue weighted by Crippen LogP contribution is 2.35. The zero-order valence-electron chi connectivity index (χ0n) is 22.5. The highest BCUT2D eigenvalue weighted by molar-refractivity contribution is 7.10. The Balaban J connectivity index is 0.000000165. The van der Waals surface area contributed by atoms with Gasteiger partial charge in [0.2, 0.25) is 0 Å². The number of fused-ring (bicyclic) bond motifs is 2. The van der Waals surface area contributed by atoms with E-state index >= 15 is 0 Å². The molecule has 4 aromatic rings. The van der Waals surface area contributed by atoms with Crippen LogP contribution in [0.3, 0.4) is 0 Å². The fourth-order valence-electron chi connectivity index (χ4n) is 5.45. The number of hydrogen-bond donors (Lipinski definition) is 1. The van der Waals surface area contributed by atoms with E-state index in [4.69, 9.17) is 27.9 Å². The largest absolute Gasteiger partial charge is 0.480 e. The summed E-state index contributed by atoms with van der Waals surface area (Å²) in [6.07, 6.45) is 1.87. The van der Waals surface area contributed by atoms with E-state index in [-0.39, 0.29) is 5.97 Å². The minimum Gasteiger partial charge on any atom is -0.480 e. The van der Waals surface area contributed by atoms with Gasteiger partial charge in [-0.15, -0.1) is 22.7 Å². The van der Waals surface area contributed by atoms with Crippen LogP contribution in [0.5, 0.6) is 0 Å². The maximum Gasteiger partial charge on any atom is 0.327 e. The van der Waals surface area contributed by atoms with Crippen molar-refractivity contribution in [3.05, 3.63) is 113 Å². The van der Waals surface area contributed by atoms with Crippen LogP contribution in [0.2, 0.25) is 10.0 Å². The van der Waals surface area contributed by atoms with Crippen LogP contribution in [-0.4, -0.2) is 47.0 Å². The monoisotopic (exact) mass is 628 g/mol. The summed E-state index contributed by atoms with van der Waals surface area (Å²) in [4.78, 5) is 30.9. The molecule has 0 fully saturated rings. The van der Waals surface area contributed by atoms with Crippen LogP contribution in [-0.2, 0) is 40.3 Å². The van der Waals surface area contributed by atoms with Crippen molar-refractivity contribution < 1.29 is 19.4 Å². The zero-order valence-corrected chi connectivity index (χ0v) is 25.6. The lowest BCUT2D eigenvalue weighted by atomic mass is 10.0. The van der Waals surface area contributed by atoms with Crippen LogP contribution in [0.4, 0.5) is 0 Å². The second-order valence-electron chi connectivity index (χ2n) is 9.89. The number of carbonyl (C=O) groups excluding carboxylic acids is 1. The molecule has 6 rings (SSSR count). The quantitative estimate of drug-likeness (QED) is 0.227. The number of rotatable bonds is 6. The van der Waals surface area contributed by atoms with Gasteiger partial charge in [-0.1, -0.05) is 59.6 Å². The Kier molecular flexibility index (Phi) is 9.80. The van der Waals surface area contributed by atoms with Gasteiger partial charge in [-0.05, 0) is 70.1 Å². The van der Waals surface area contributed by atoms with Crippen molar-refractivity contribution >= 4 is 57.8 Å². The molecule has 0 unspecified atom stereocenters. The van der Waals surface area contributed by atoms with Crippen LogP contribution >= 0.6 is 45.9 Å². The van der Waals surface area contributed by atoms with Crippen molar-refractivity contribution in [3.63, 3.8) is 0 Å². The summed E-state index contributed by atoms with van der Waals surface area (Å²) in [7, 11) is 1.42. The van der Waals surface area contributed by atoms with Crippen molar-refractivity contribution in [1.29, 1.82) is 0 Å². The van der Waals surface area contributed by atoms with Crippen molar-refractivity contribution in [3.8, 4) is 0 Å². The molecule has 0 saturated carbocycles. The summed E-state index contributed by atoms with van der Waals surface area (Å²) < 4.78 is 5.01. The zero-order chi connectivity index (χ0) is 28.9. The van der Waals surface area contributed by atoms with E-state index in [1.165, 1.54) is 28.0 Å². The van der Waals surface area contributed by atoms with Crippen LogP contribution in [0.1, 0.15) is 44.1 Å². The molecule has 6 nitrogen and oxygen atoms in total. The van der Waals surface area contributed by atoms with Gasteiger partial charge in [-0.25, -0.2) is 4.79 Å². The maximum atomic E-state index is 12.3. The lowest BCUT2D eigenvalue weighted by Gasteiger charge is -2.33. The molecule has 0 amide bonds. The first-order valence-electron chi connectivity index (χ1n) is 13.3. The molecular formula is C31H30Cl2N2O4S2. The van der Waals surface area contributed by atoms with Crippen molar-refractivity contribution in [2.45, 2.75) is 38.0 Å². The molecule has 2 aromatic heterocycles. The lowest BCUT2D eigenvalue weighted by Crippen LogP contribution is -2.38. The average molecular weight is 630 g/mol. The standard InChI is InChI=1S/C16H16ClNO2S.C15H14ClNO2S/c1-20-16(19)15(12-4-2-3-5-13(12)17)18-8-6-14-11(10-18)7-9-21-14;16-12-4-2-1-3-11(12)14(15(18)19)17-7-5-13-10(9-17)6-8-20-13/h2-5,7,9,15H,6,8,10H2,1H3;1-4,6,8,14H,5,7,9H2,(H,18,19)/t15-;14-/m10/s1. The minimum atomic E-state index is -0.850. The number of ether oxygens (including phenoxy) is 1. The molecule has 4 heterocycles. The first-order chi connectivity index (χ1) is 19.9. The number of esters is 1. The van der Waals surface area contributed by atoms with E-state index in [2.05, 4.69) is 27.8 Å². The van der Waals surface area contributed by atoms with Gasteiger partial charge >= 0.3 is 11.9 Å². The van der Waals surface area contributed by atoms with E-state index in [1.54, 1.807) is 34.8 Å². The highest BCUT2D eigenvalue weighted by Gasteiger charge is 2.33. The number of carboxylic acids is 1. The van der Waals surface area contributed by atoms with E-state index in [1.807, 2.05) is 41.3 Å². The van der Waals surface area contributed by atoms with Crippen molar-refractivity contribution in [2.75, 3.05) is 20.2 Å². The fourth-order valence-corrected chi connectivity index (χ4v) is 7.70. The summed E-state index contributed by atoms with van der Waals surface area (Å²) in [5.74, 6) is -1.11. The molecular weight excluding hydrogens is 599 g/mol. The van der Waals surface area contributed by atoms with Crippen molar-refractivity contribution in [2.24, 2.45) is 0 Å². The van der Waals surface area contributed by atoms with Gasteiger partial charge in [0, 0.05) is 46.0 Å². The van der Waals surface area contributed by atoms with E-state index in [0.717, 1.165) is 38.0 Å². The highest BCUT2D eigenvalue weighted by atomic mass is 35.5. The number of halogens is 2. The van der Waals surface area contributed by atoms with Gasteiger partial charge < -0.3 is 9.84 Å². The second kappa shape index (κ2) is 13.5. The molecule has 41 heavy (non-hydrogen) atoms. The van der Waals surface area contributed by atoms with E-state index < -0.39 is 18.1 Å². The number of carbonyl (C=O) groups is 2. The first-order valence-corrected chi connectivity index (χ1v) is 15.8. The lowest BCUT2D eigenvalue weighted by molar-refractivity contribution is -0.148. The molecule has 2 aromatic carbocycles. The number of carboxylic acid groups (broad SMARTS) is 1. The van der Waals surface area contributed by atoms with Gasteiger partial charge in [0.1, 0.15) is 12.1 Å². The third kappa shape index (κ3) is 6.69. The fraction of sp³-hybridized carbons (Fsp3) is 0.290. The number of thiophene rings is 2. The third-order valence-corrected chi connectivity index (χ3v) is 10.2. The van der Waals surface area contributed by atoms with Crippen molar-refractivity contribution in [1.82, 2.24) is 9.80 Å². The molecule has 1 N–H and O–H groups in total. The predicted molar refractivity (Wildman–Crippen MR) is 165 cm³/mol. The van der Waals surface area contributed by atoms with Crippen LogP contribution in [0.25, 0.3) is 0 Å². The summed E-state index contributed by atoms with van der Waals surface area (Å²) in [5.41, 5.74) is 4.01. The van der Waals surface area contributed by atoms with Gasteiger partial charge in [-0.3, -0.25) is 14.6 Å². The van der Waals surface area contributed by atoms with Gasteiger partial charge in [0.25, 0.3) is 0 Å². The number of nitrogens with zero attached hydrogens (tertiary/aromatic N) is 2. The third-order valence-electron chi connectivity index (χ3n) is 7.46. The maximum absolute atomic E-state index is 12.3. The molecule has 0 spiro atoms. The molecule has 0 radical (unpaired) electrons. The second-order valence-corrected chi connectivity index (χ2v) is 12.7. The van der Waals surface area contributed by atoms with Gasteiger partial charge in [0.05, 0.1) is 7.11 Å². The molecule has 0 saturated heterocycles. The smallest absolute Gasteiger partial charge is 0.327 e. The normalized spacial score (nSPS) is 16.5. The molecule has 0 aliphatic carbocycles. The Hall–Kier alpha value is -2.72. The van der Waals surface area contributed by atoms with Gasteiger partial charge in [0.15, 0.2) is 0 Å². The number of aliphatic carboxylic acids is 1. The van der Waals surface area contributed by atoms with Crippen LogP contribution in [0, 0.1) is 0 Å². The Morgan fingerprint density at radius 1 is 0.780 bits per heavy atom. The Morgan fingerprint density at radius 2 is 1.24 bits per heavy atom. The number of methoxy groups -OCH3 is 1. The Labute approximate surface area is 257 Å².